The predicted octanol–water partition coefficient (Wildman–Crippen LogP) is 4.09. The molecular weight excluding hydrogens is 402 g/mol. The van der Waals surface area contributed by atoms with Gasteiger partial charge in [-0.1, -0.05) is 0 Å². The summed E-state index contributed by atoms with van der Waals surface area (Å²) in [5.74, 6) is 1.37. The standard InChI is InChI=1S/C25H31N5O2/c1-30-10-9-16-12-24(32-2)23(11-18(16)15-30)29-25-26-14-17-3-4-20(13-22(17)28-25)27-19-5-7-21(31)8-6-19/h3-4,11-14,19,21,27,31H,5-10,15H2,1-2H3,(H,26,28,29). The number of aliphatic hydroxyl groups excluding tert-OH is 1. The molecular formula is C25H31N5O2. The highest BCUT2D eigenvalue weighted by atomic mass is 16.5. The molecule has 0 radical (unpaired) electrons. The van der Waals surface area contributed by atoms with E-state index in [0.29, 0.717) is 12.0 Å². The number of ether oxygens (including phenoxy) is 1. The van der Waals surface area contributed by atoms with Gasteiger partial charge in [-0.15, -0.1) is 0 Å². The summed E-state index contributed by atoms with van der Waals surface area (Å²) in [7, 11) is 3.85. The van der Waals surface area contributed by atoms with Crippen LogP contribution < -0.4 is 15.4 Å². The zero-order chi connectivity index (χ0) is 22.1. The van der Waals surface area contributed by atoms with Gasteiger partial charge in [-0.2, -0.15) is 0 Å². The summed E-state index contributed by atoms with van der Waals surface area (Å²) >= 11 is 0. The van der Waals surface area contributed by atoms with Crippen molar-refractivity contribution in [2.24, 2.45) is 0 Å². The summed E-state index contributed by atoms with van der Waals surface area (Å²) < 4.78 is 5.65. The highest BCUT2D eigenvalue weighted by molar-refractivity contribution is 5.83. The number of benzene rings is 2. The Kier molecular flexibility index (Phi) is 5.85. The molecule has 168 valence electrons. The molecule has 32 heavy (non-hydrogen) atoms. The van der Waals surface area contributed by atoms with Crippen molar-refractivity contribution in [2.75, 3.05) is 31.3 Å². The zero-order valence-electron chi connectivity index (χ0n) is 18.8. The average molecular weight is 434 g/mol. The Morgan fingerprint density at radius 3 is 2.75 bits per heavy atom. The largest absolute Gasteiger partial charge is 0.495 e. The summed E-state index contributed by atoms with van der Waals surface area (Å²) in [4.78, 5) is 11.6. The maximum atomic E-state index is 9.74. The third-order valence-corrected chi connectivity index (χ3v) is 6.62. The van der Waals surface area contributed by atoms with Crippen molar-refractivity contribution in [2.45, 2.75) is 50.8 Å². The minimum atomic E-state index is -0.146. The highest BCUT2D eigenvalue weighted by Crippen LogP contribution is 2.33. The Hall–Kier alpha value is -2.90. The maximum absolute atomic E-state index is 9.74. The highest BCUT2D eigenvalue weighted by Gasteiger charge is 2.20. The zero-order valence-corrected chi connectivity index (χ0v) is 18.8. The van der Waals surface area contributed by atoms with Crippen LogP contribution in [0.3, 0.4) is 0 Å². The number of methoxy groups -OCH3 is 1. The Balaban J connectivity index is 1.38. The van der Waals surface area contributed by atoms with E-state index < -0.39 is 0 Å². The van der Waals surface area contributed by atoms with Gasteiger partial charge < -0.3 is 25.4 Å². The third-order valence-electron chi connectivity index (χ3n) is 6.62. The first-order chi connectivity index (χ1) is 15.6. The molecule has 1 saturated carbocycles. The van der Waals surface area contributed by atoms with E-state index in [1.165, 1.54) is 11.1 Å². The van der Waals surface area contributed by atoms with E-state index in [1.807, 2.05) is 6.20 Å². The van der Waals surface area contributed by atoms with E-state index in [0.717, 1.165) is 73.2 Å². The Morgan fingerprint density at radius 2 is 1.94 bits per heavy atom. The summed E-state index contributed by atoms with van der Waals surface area (Å²) in [6, 6.07) is 10.9. The van der Waals surface area contributed by atoms with Crippen molar-refractivity contribution in [3.8, 4) is 5.75 Å². The lowest BCUT2D eigenvalue weighted by Gasteiger charge is -2.27. The van der Waals surface area contributed by atoms with Gasteiger partial charge in [-0.05, 0) is 80.6 Å². The van der Waals surface area contributed by atoms with Crippen LogP contribution >= 0.6 is 0 Å². The SMILES string of the molecule is COc1cc2c(cc1Nc1ncc3ccc(NC4CCC(O)CC4)cc3n1)CN(C)CC2. The Labute approximate surface area is 188 Å². The molecule has 1 fully saturated rings. The van der Waals surface area contributed by atoms with Gasteiger partial charge in [0.15, 0.2) is 0 Å². The van der Waals surface area contributed by atoms with Gasteiger partial charge in [-0.3, -0.25) is 0 Å². The van der Waals surface area contributed by atoms with Gasteiger partial charge in [0, 0.05) is 36.4 Å². The molecule has 2 heterocycles. The minimum absolute atomic E-state index is 0.146. The lowest BCUT2D eigenvalue weighted by molar-refractivity contribution is 0.126. The molecule has 0 spiro atoms. The normalized spacial score (nSPS) is 21.2. The van der Waals surface area contributed by atoms with Crippen molar-refractivity contribution in [3.63, 3.8) is 0 Å². The number of likely N-dealkylation sites (N-methyl/N-ethyl adjacent to an activating group) is 1. The van der Waals surface area contributed by atoms with Gasteiger partial charge in [-0.25, -0.2) is 9.97 Å². The van der Waals surface area contributed by atoms with Crippen LogP contribution in [0.5, 0.6) is 5.75 Å². The van der Waals surface area contributed by atoms with Crippen LogP contribution in [0.4, 0.5) is 17.3 Å². The second-order valence-electron chi connectivity index (χ2n) is 9.05. The minimum Gasteiger partial charge on any atom is -0.495 e. The first-order valence-electron chi connectivity index (χ1n) is 11.4. The lowest BCUT2D eigenvalue weighted by Crippen LogP contribution is -2.28. The second kappa shape index (κ2) is 8.92. The third kappa shape index (κ3) is 4.49. The van der Waals surface area contributed by atoms with Crippen molar-refractivity contribution >= 4 is 28.2 Å². The Morgan fingerprint density at radius 1 is 1.09 bits per heavy atom. The van der Waals surface area contributed by atoms with E-state index in [-0.39, 0.29) is 6.10 Å². The molecule has 0 amide bonds. The van der Waals surface area contributed by atoms with Crippen LogP contribution in [0.2, 0.25) is 0 Å². The summed E-state index contributed by atoms with van der Waals surface area (Å²) in [5, 5.41) is 17.7. The number of aliphatic hydroxyl groups is 1. The molecule has 3 aromatic rings. The number of nitrogens with one attached hydrogen (secondary N) is 2. The number of aromatic nitrogens is 2. The van der Waals surface area contributed by atoms with Crippen molar-refractivity contribution in [1.82, 2.24) is 14.9 Å². The number of hydrogen-bond acceptors (Lipinski definition) is 7. The second-order valence-corrected chi connectivity index (χ2v) is 9.05. The lowest BCUT2D eigenvalue weighted by atomic mass is 9.93. The molecule has 0 bridgehead atoms. The molecule has 2 aliphatic rings. The van der Waals surface area contributed by atoms with Gasteiger partial charge >= 0.3 is 0 Å². The molecule has 1 aliphatic heterocycles. The molecule has 0 atom stereocenters. The first kappa shape index (κ1) is 21.0. The van der Waals surface area contributed by atoms with Gasteiger partial charge in [0.2, 0.25) is 5.95 Å². The first-order valence-corrected chi connectivity index (χ1v) is 11.4. The number of hydrogen-bond donors (Lipinski definition) is 3. The van der Waals surface area contributed by atoms with Gasteiger partial charge in [0.05, 0.1) is 24.4 Å². The number of nitrogens with zero attached hydrogens (tertiary/aromatic N) is 3. The molecule has 3 N–H and O–H groups in total. The average Bonchev–Trinajstić information content (AvgIpc) is 2.80. The summed E-state index contributed by atoms with van der Waals surface area (Å²) in [6.45, 7) is 1.99. The Bertz CT molecular complexity index is 1110. The monoisotopic (exact) mass is 433 g/mol. The van der Waals surface area contributed by atoms with E-state index in [1.54, 1.807) is 7.11 Å². The van der Waals surface area contributed by atoms with Crippen LogP contribution in [-0.2, 0) is 13.0 Å². The quantitative estimate of drug-likeness (QED) is 0.559. The molecule has 1 aromatic heterocycles. The molecule has 5 rings (SSSR count). The molecule has 0 unspecified atom stereocenters. The maximum Gasteiger partial charge on any atom is 0.227 e. The molecule has 7 nitrogen and oxygen atoms in total. The van der Waals surface area contributed by atoms with Crippen LogP contribution in [0.1, 0.15) is 36.8 Å². The fraction of sp³-hybridized carbons (Fsp3) is 0.440. The molecule has 0 saturated heterocycles. The summed E-state index contributed by atoms with van der Waals surface area (Å²) in [6.07, 6.45) is 6.44. The summed E-state index contributed by atoms with van der Waals surface area (Å²) in [5.41, 5.74) is 5.48. The predicted molar refractivity (Wildman–Crippen MR) is 128 cm³/mol. The van der Waals surface area contributed by atoms with Crippen LogP contribution in [0, 0.1) is 0 Å². The van der Waals surface area contributed by atoms with Gasteiger partial charge in [0.1, 0.15) is 5.75 Å². The smallest absolute Gasteiger partial charge is 0.227 e. The number of rotatable bonds is 5. The number of anilines is 3. The topological polar surface area (TPSA) is 82.5 Å². The van der Waals surface area contributed by atoms with Gasteiger partial charge in [0.25, 0.3) is 0 Å². The van der Waals surface area contributed by atoms with Crippen molar-refractivity contribution in [3.05, 3.63) is 47.7 Å². The van der Waals surface area contributed by atoms with E-state index in [9.17, 15) is 5.11 Å². The molecule has 2 aromatic carbocycles. The fourth-order valence-electron chi connectivity index (χ4n) is 4.74. The number of fused-ring (bicyclic) bond motifs is 2. The van der Waals surface area contributed by atoms with E-state index in [2.05, 4.69) is 57.9 Å². The van der Waals surface area contributed by atoms with Crippen LogP contribution in [0.25, 0.3) is 10.9 Å². The van der Waals surface area contributed by atoms with Crippen LogP contribution in [-0.4, -0.2) is 52.8 Å². The van der Waals surface area contributed by atoms with E-state index in [4.69, 9.17) is 9.72 Å². The fourth-order valence-corrected chi connectivity index (χ4v) is 4.74. The van der Waals surface area contributed by atoms with Crippen molar-refractivity contribution < 1.29 is 9.84 Å². The van der Waals surface area contributed by atoms with Crippen LogP contribution in [0.15, 0.2) is 36.5 Å². The molecule has 1 aliphatic carbocycles. The van der Waals surface area contributed by atoms with E-state index >= 15 is 0 Å². The molecule has 7 heteroatoms. The van der Waals surface area contributed by atoms with Crippen molar-refractivity contribution in [1.29, 1.82) is 0 Å².